The maximum absolute atomic E-state index is 5.49. The van der Waals surface area contributed by atoms with Crippen LogP contribution < -0.4 is 4.90 Å². The Morgan fingerprint density at radius 1 is 0.730 bits per heavy atom. The number of allylic oxidation sites excluding steroid dienone is 9. The number of thioether (sulfide) groups is 1. The zero-order chi connectivity index (χ0) is 43.7. The molecule has 7 aromatic rings. The number of fused-ring (bicyclic) bond motifs is 3. The van der Waals surface area contributed by atoms with Crippen LogP contribution in [0.3, 0.4) is 0 Å². The molecule has 0 N–H and O–H groups in total. The van der Waals surface area contributed by atoms with E-state index in [0.717, 1.165) is 58.0 Å². The van der Waals surface area contributed by atoms with Crippen molar-refractivity contribution in [2.75, 3.05) is 10.7 Å². The largest absolute Gasteiger partial charge is 0.298 e. The van der Waals surface area contributed by atoms with Gasteiger partial charge in [0.05, 0.1) is 5.69 Å². The molecule has 1 heterocycles. The monoisotopic (exact) mass is 870 g/mol. The first-order valence-corrected chi connectivity index (χ1v) is 23.5. The molecule has 5 heteroatoms. The molecule has 1 aliphatic rings. The van der Waals surface area contributed by atoms with Crippen LogP contribution in [-0.4, -0.2) is 11.6 Å². The summed E-state index contributed by atoms with van der Waals surface area (Å²) in [5.41, 5.74) is 14.5. The molecular weight excluding hydrogens is 821 g/mol. The van der Waals surface area contributed by atoms with Gasteiger partial charge in [-0.2, -0.15) is 12.6 Å². The van der Waals surface area contributed by atoms with Crippen LogP contribution in [0.5, 0.6) is 0 Å². The molecule has 0 radical (unpaired) electrons. The number of aryl methyl sites for hydroxylation is 1. The summed E-state index contributed by atoms with van der Waals surface area (Å²) in [5.74, 6) is 1.14. The molecule has 2 nitrogen and oxygen atoms in total. The molecule has 0 bridgehead atoms. The molecule has 63 heavy (non-hydrogen) atoms. The molecule has 0 spiro atoms. The molecule has 0 saturated heterocycles. The first kappa shape index (κ1) is 43.3. The first-order chi connectivity index (χ1) is 30.9. The van der Waals surface area contributed by atoms with E-state index in [2.05, 4.69) is 184 Å². The molecule has 0 aliphatic heterocycles. The Morgan fingerprint density at radius 2 is 1.40 bits per heavy atom. The number of amidine groups is 1. The van der Waals surface area contributed by atoms with Crippen LogP contribution in [0.25, 0.3) is 60.7 Å². The Kier molecular flexibility index (Phi) is 13.9. The number of thiol groups is 1. The molecule has 8 rings (SSSR count). The Hall–Kier alpha value is -6.37. The minimum Gasteiger partial charge on any atom is -0.298 e. The average Bonchev–Trinajstić information content (AvgIpc) is 3.51. The Balaban J connectivity index is 1.23. The molecule has 0 unspecified atom stereocenters. The summed E-state index contributed by atoms with van der Waals surface area (Å²) in [6.45, 7) is 16.4. The third-order valence-electron chi connectivity index (χ3n) is 11.2. The van der Waals surface area contributed by atoms with Crippen molar-refractivity contribution >= 4 is 69.1 Å². The number of hydrogen-bond donors (Lipinski definition) is 1. The van der Waals surface area contributed by atoms with Gasteiger partial charge < -0.3 is 0 Å². The molecule has 310 valence electrons. The molecule has 0 atom stereocenters. The summed E-state index contributed by atoms with van der Waals surface area (Å²) in [7, 11) is 0. The Bertz CT molecular complexity index is 2960. The van der Waals surface area contributed by atoms with Crippen molar-refractivity contribution in [2.45, 2.75) is 31.6 Å². The molecule has 0 amide bonds. The van der Waals surface area contributed by atoms with Crippen molar-refractivity contribution in [3.63, 3.8) is 0 Å². The highest BCUT2D eigenvalue weighted by Gasteiger charge is 2.19. The van der Waals surface area contributed by atoms with E-state index < -0.39 is 0 Å². The zero-order valence-electron chi connectivity index (χ0n) is 35.8. The maximum atomic E-state index is 5.49. The van der Waals surface area contributed by atoms with Gasteiger partial charge in [-0.25, -0.2) is 4.99 Å². The Morgan fingerprint density at radius 3 is 2.10 bits per heavy atom. The van der Waals surface area contributed by atoms with E-state index >= 15 is 0 Å². The van der Waals surface area contributed by atoms with Gasteiger partial charge in [0, 0.05) is 49.0 Å². The van der Waals surface area contributed by atoms with Crippen molar-refractivity contribution in [3.05, 3.63) is 228 Å². The van der Waals surface area contributed by atoms with Crippen LogP contribution in [0, 0.1) is 0 Å². The number of para-hydroxylation sites is 1. The third kappa shape index (κ3) is 9.38. The normalized spacial score (nSPS) is 12.8. The predicted octanol–water partition coefficient (Wildman–Crippen LogP) is 17.2. The second-order valence-electron chi connectivity index (χ2n) is 15.2. The summed E-state index contributed by atoms with van der Waals surface area (Å²) >= 11 is 8.61. The van der Waals surface area contributed by atoms with Crippen LogP contribution in [0.4, 0.5) is 11.4 Å². The molecule has 1 aliphatic carbocycles. The zero-order valence-corrected chi connectivity index (χ0v) is 38.3. The third-order valence-corrected chi connectivity index (χ3v) is 13.9. The highest BCUT2D eigenvalue weighted by Crippen LogP contribution is 2.43. The standard InChI is InChI=1S/C58H50N2S3/c1-6-18-40(5)62-57-41(8-3)20-16-24-50(57)44-30-28-42(29-31-44)46-36-37-49(54(38-46)59-56(39-61)60(47(9-4)19-7-2)48-21-12-10-13-22-48)43-32-34-45(35-33-43)51-25-17-26-53-52-23-14-11-15-27-55(52)63-58(51)53/h6-7,9-26,28-38,61H,1-2,4,8,27,39H2,3,5H3/b40-18+,47-19+,59-56?. The summed E-state index contributed by atoms with van der Waals surface area (Å²) in [4.78, 5) is 11.5. The molecule has 6 aromatic carbocycles. The lowest BCUT2D eigenvalue weighted by molar-refractivity contribution is 1.09. The lowest BCUT2D eigenvalue weighted by Gasteiger charge is -2.27. The number of nitrogens with zero attached hydrogens (tertiary/aromatic N) is 2. The SMILES string of the molecule is C=C/C=C(\C)Sc1c(CC)cccc1-c1ccc(-c2ccc(-c3ccc(-c4cccc5c6c(sc45)CC=CC=C6)cc3)c(N=C(CS)N(/C(C=C)=C/C=C)c3ccccc3)c2)cc1. The van der Waals surface area contributed by atoms with Crippen molar-refractivity contribution in [3.8, 4) is 44.5 Å². The van der Waals surface area contributed by atoms with E-state index in [0.29, 0.717) is 5.75 Å². The van der Waals surface area contributed by atoms with E-state index in [-0.39, 0.29) is 0 Å². The van der Waals surface area contributed by atoms with Gasteiger partial charge >= 0.3 is 0 Å². The van der Waals surface area contributed by atoms with Gasteiger partial charge in [-0.1, -0.05) is 196 Å². The number of hydrogen-bond acceptors (Lipinski definition) is 4. The molecule has 0 fully saturated rings. The minimum atomic E-state index is 0.382. The fourth-order valence-electron chi connectivity index (χ4n) is 8.12. The Labute approximate surface area is 386 Å². The molecule has 0 saturated carbocycles. The highest BCUT2D eigenvalue weighted by molar-refractivity contribution is 8.03. The van der Waals surface area contributed by atoms with Crippen molar-refractivity contribution in [1.29, 1.82) is 0 Å². The summed E-state index contributed by atoms with van der Waals surface area (Å²) < 4.78 is 1.33. The van der Waals surface area contributed by atoms with Crippen molar-refractivity contribution in [2.24, 2.45) is 4.99 Å². The minimum absolute atomic E-state index is 0.382. The number of thiophene rings is 1. The van der Waals surface area contributed by atoms with E-state index in [1.807, 2.05) is 59.5 Å². The number of aliphatic imine (C=N–C) groups is 1. The van der Waals surface area contributed by atoms with Crippen molar-refractivity contribution in [1.82, 2.24) is 0 Å². The number of anilines is 1. The highest BCUT2D eigenvalue weighted by atomic mass is 32.2. The number of benzene rings is 6. The molecule has 1 aromatic heterocycles. The van der Waals surface area contributed by atoms with Crippen molar-refractivity contribution < 1.29 is 0 Å². The number of rotatable bonds is 14. The van der Waals surface area contributed by atoms with Gasteiger partial charge in [0.15, 0.2) is 0 Å². The van der Waals surface area contributed by atoms with Crippen LogP contribution in [0.2, 0.25) is 0 Å². The maximum Gasteiger partial charge on any atom is 0.124 e. The first-order valence-electron chi connectivity index (χ1n) is 21.3. The fraction of sp³-hybridized carbons (Fsp3) is 0.0862. The summed E-state index contributed by atoms with van der Waals surface area (Å²) in [6, 6.07) is 48.0. The second kappa shape index (κ2) is 20.2. The van der Waals surface area contributed by atoms with Gasteiger partial charge in [-0.15, -0.1) is 11.3 Å². The quantitative estimate of drug-likeness (QED) is 0.0385. The van der Waals surface area contributed by atoms with Gasteiger partial charge in [0.25, 0.3) is 0 Å². The van der Waals surface area contributed by atoms with Crippen LogP contribution in [0.15, 0.2) is 222 Å². The lowest BCUT2D eigenvalue weighted by Crippen LogP contribution is -2.30. The average molecular weight is 871 g/mol. The van der Waals surface area contributed by atoms with E-state index in [9.17, 15) is 0 Å². The van der Waals surface area contributed by atoms with Crippen LogP contribution in [0.1, 0.15) is 29.9 Å². The van der Waals surface area contributed by atoms with Gasteiger partial charge in [0.2, 0.25) is 0 Å². The smallest absolute Gasteiger partial charge is 0.124 e. The van der Waals surface area contributed by atoms with E-state index in [1.54, 1.807) is 6.08 Å². The molecular formula is C58H50N2S3. The van der Waals surface area contributed by atoms with Gasteiger partial charge in [-0.05, 0) is 98.7 Å². The van der Waals surface area contributed by atoms with E-state index in [1.165, 1.54) is 58.1 Å². The second-order valence-corrected chi connectivity index (χ2v) is 17.8. The lowest BCUT2D eigenvalue weighted by atomic mass is 9.95. The van der Waals surface area contributed by atoms with Gasteiger partial charge in [-0.3, -0.25) is 4.90 Å². The van der Waals surface area contributed by atoms with Crippen LogP contribution in [-0.2, 0) is 12.8 Å². The van der Waals surface area contributed by atoms with E-state index in [4.69, 9.17) is 17.6 Å². The van der Waals surface area contributed by atoms with Gasteiger partial charge in [0.1, 0.15) is 5.84 Å². The van der Waals surface area contributed by atoms with Crippen LogP contribution >= 0.6 is 35.7 Å². The fourth-order valence-corrected chi connectivity index (χ4v) is 10.8. The summed E-state index contributed by atoms with van der Waals surface area (Å²) in [5, 5.41) is 1.31. The predicted molar refractivity (Wildman–Crippen MR) is 283 cm³/mol. The summed E-state index contributed by atoms with van der Waals surface area (Å²) in [6.07, 6.45) is 20.2. The topological polar surface area (TPSA) is 15.6 Å².